The third kappa shape index (κ3) is 6.10. The summed E-state index contributed by atoms with van der Waals surface area (Å²) < 4.78 is 0. The Morgan fingerprint density at radius 1 is 1.45 bits per heavy atom. The molecule has 1 aromatic rings. The van der Waals surface area contributed by atoms with Crippen LogP contribution in [-0.2, 0) is 0 Å². The van der Waals surface area contributed by atoms with Gasteiger partial charge in [-0.2, -0.15) is 5.26 Å². The number of rotatable bonds is 5. The summed E-state index contributed by atoms with van der Waals surface area (Å²) in [4.78, 5) is 18.2. The van der Waals surface area contributed by atoms with E-state index in [0.717, 1.165) is 0 Å². The van der Waals surface area contributed by atoms with E-state index in [0.29, 0.717) is 30.9 Å². The first-order chi connectivity index (χ1) is 10.2. The first kappa shape index (κ1) is 17.9. The van der Waals surface area contributed by atoms with Crippen molar-refractivity contribution in [3.05, 3.63) is 23.5 Å². The molecular formula is C16H24N4O2. The van der Waals surface area contributed by atoms with Gasteiger partial charge in [0.1, 0.15) is 11.8 Å². The number of carbonyl (C=O) groups is 1. The minimum absolute atomic E-state index is 0.0425. The van der Waals surface area contributed by atoms with Gasteiger partial charge in [-0.25, -0.2) is 9.78 Å². The molecule has 0 fully saturated rings. The number of pyridine rings is 1. The number of nitriles is 1. The molecule has 120 valence electrons. The average molecular weight is 304 g/mol. The van der Waals surface area contributed by atoms with Gasteiger partial charge in [0.25, 0.3) is 0 Å². The first-order valence-corrected chi connectivity index (χ1v) is 7.31. The van der Waals surface area contributed by atoms with Crippen molar-refractivity contribution in [1.29, 1.82) is 5.26 Å². The van der Waals surface area contributed by atoms with E-state index in [-0.39, 0.29) is 23.7 Å². The van der Waals surface area contributed by atoms with Gasteiger partial charge in [0.2, 0.25) is 0 Å². The van der Waals surface area contributed by atoms with Crippen molar-refractivity contribution < 1.29 is 9.90 Å². The topological polar surface area (TPSA) is 89.3 Å². The van der Waals surface area contributed by atoms with Crippen molar-refractivity contribution in [1.82, 2.24) is 9.88 Å². The third-order valence-corrected chi connectivity index (χ3v) is 2.86. The molecule has 1 aromatic heterocycles. The van der Waals surface area contributed by atoms with Crippen LogP contribution in [0.3, 0.4) is 0 Å². The summed E-state index contributed by atoms with van der Waals surface area (Å²) in [6.45, 7) is 9.03. The molecule has 0 aliphatic carbocycles. The summed E-state index contributed by atoms with van der Waals surface area (Å²) in [6.07, 6.45) is 0.530. The van der Waals surface area contributed by atoms with Gasteiger partial charge in [0, 0.05) is 31.1 Å². The van der Waals surface area contributed by atoms with Crippen molar-refractivity contribution >= 4 is 11.7 Å². The molecule has 22 heavy (non-hydrogen) atoms. The highest BCUT2D eigenvalue weighted by Gasteiger charge is 2.21. The summed E-state index contributed by atoms with van der Waals surface area (Å²) in [5, 5.41) is 20.7. The Hall–Kier alpha value is -2.13. The number of nitrogens with zero attached hydrogens (tertiary/aromatic N) is 3. The zero-order valence-corrected chi connectivity index (χ0v) is 13.7. The second-order valence-corrected chi connectivity index (χ2v) is 6.48. The van der Waals surface area contributed by atoms with Crippen molar-refractivity contribution in [2.75, 3.05) is 25.0 Å². The molecule has 1 rings (SSSR count). The Morgan fingerprint density at radius 2 is 2.14 bits per heavy atom. The van der Waals surface area contributed by atoms with E-state index < -0.39 is 0 Å². The Kier molecular flexibility index (Phi) is 6.32. The molecule has 0 aliphatic rings. The molecule has 6 nitrogen and oxygen atoms in total. The van der Waals surface area contributed by atoms with Crippen molar-refractivity contribution in [3.63, 3.8) is 0 Å². The molecule has 6 heteroatoms. The van der Waals surface area contributed by atoms with Crippen LogP contribution in [-0.4, -0.2) is 40.7 Å². The van der Waals surface area contributed by atoms with E-state index in [2.05, 4.69) is 31.1 Å². The number of carbonyl (C=O) groups excluding carboxylic acids is 1. The molecule has 0 aliphatic heterocycles. The molecule has 0 atom stereocenters. The van der Waals surface area contributed by atoms with E-state index in [1.165, 1.54) is 0 Å². The van der Waals surface area contributed by atoms with E-state index >= 15 is 0 Å². The Morgan fingerprint density at radius 3 is 2.68 bits per heavy atom. The van der Waals surface area contributed by atoms with Crippen molar-refractivity contribution in [2.24, 2.45) is 5.41 Å². The molecule has 0 saturated heterocycles. The Balaban J connectivity index is 2.86. The molecule has 0 unspecified atom stereocenters. The lowest BCUT2D eigenvalue weighted by Crippen LogP contribution is -2.41. The highest BCUT2D eigenvalue weighted by Crippen LogP contribution is 2.17. The smallest absolute Gasteiger partial charge is 0.321 e. The van der Waals surface area contributed by atoms with Gasteiger partial charge in [0.15, 0.2) is 0 Å². The largest absolute Gasteiger partial charge is 0.396 e. The van der Waals surface area contributed by atoms with Crippen LogP contribution in [0.5, 0.6) is 0 Å². The number of hydrogen-bond acceptors (Lipinski definition) is 4. The predicted molar refractivity (Wildman–Crippen MR) is 85.4 cm³/mol. The minimum atomic E-state index is -0.238. The maximum atomic E-state index is 12.4. The molecule has 1 heterocycles. The normalized spacial score (nSPS) is 10.9. The maximum absolute atomic E-state index is 12.4. The highest BCUT2D eigenvalue weighted by molar-refractivity contribution is 5.89. The number of anilines is 1. The Bertz CT molecular complexity index is 558. The quantitative estimate of drug-likeness (QED) is 0.874. The van der Waals surface area contributed by atoms with Crippen LogP contribution in [0, 0.1) is 23.7 Å². The van der Waals surface area contributed by atoms with Crippen molar-refractivity contribution in [3.8, 4) is 6.07 Å². The van der Waals surface area contributed by atoms with Gasteiger partial charge in [-0.15, -0.1) is 0 Å². The van der Waals surface area contributed by atoms with E-state index in [1.54, 1.807) is 24.0 Å². The number of hydrogen-bond donors (Lipinski definition) is 2. The molecular weight excluding hydrogens is 280 g/mol. The lowest BCUT2D eigenvalue weighted by molar-refractivity contribution is 0.176. The van der Waals surface area contributed by atoms with Crippen molar-refractivity contribution in [2.45, 2.75) is 34.1 Å². The van der Waals surface area contributed by atoms with E-state index in [9.17, 15) is 4.79 Å². The number of urea groups is 1. The second kappa shape index (κ2) is 7.76. The SMILES string of the molecule is Cc1cc(NC(=O)N(CCCO)CC(C)(C)C)cc(C#N)n1. The van der Waals surface area contributed by atoms with E-state index in [1.807, 2.05) is 6.07 Å². The molecule has 0 bridgehead atoms. The van der Waals surface area contributed by atoms with Gasteiger partial charge >= 0.3 is 6.03 Å². The Labute approximate surface area is 131 Å². The fourth-order valence-corrected chi connectivity index (χ4v) is 2.09. The first-order valence-electron chi connectivity index (χ1n) is 7.31. The number of aliphatic hydroxyl groups excluding tert-OH is 1. The lowest BCUT2D eigenvalue weighted by Gasteiger charge is -2.30. The van der Waals surface area contributed by atoms with Crippen LogP contribution in [0.1, 0.15) is 38.6 Å². The number of amides is 2. The molecule has 2 amide bonds. The maximum Gasteiger partial charge on any atom is 0.321 e. The summed E-state index contributed by atoms with van der Waals surface area (Å²) in [5.41, 5.74) is 1.45. The molecule has 0 radical (unpaired) electrons. The fraction of sp³-hybridized carbons (Fsp3) is 0.562. The third-order valence-electron chi connectivity index (χ3n) is 2.86. The number of aromatic nitrogens is 1. The summed E-state index contributed by atoms with van der Waals surface area (Å²) in [6, 6.07) is 5.01. The summed E-state index contributed by atoms with van der Waals surface area (Å²) in [5.74, 6) is 0. The van der Waals surface area contributed by atoms with Gasteiger partial charge in [-0.05, 0) is 30.9 Å². The highest BCUT2D eigenvalue weighted by atomic mass is 16.3. The van der Waals surface area contributed by atoms with Crippen LogP contribution in [0.25, 0.3) is 0 Å². The second-order valence-electron chi connectivity index (χ2n) is 6.48. The van der Waals surface area contributed by atoms with Crippen LogP contribution in [0.15, 0.2) is 12.1 Å². The molecule has 0 spiro atoms. The molecule has 2 N–H and O–H groups in total. The average Bonchev–Trinajstić information content (AvgIpc) is 2.41. The molecule has 0 saturated carbocycles. The van der Waals surface area contributed by atoms with Gasteiger partial charge in [0.05, 0.1) is 0 Å². The van der Waals surface area contributed by atoms with E-state index in [4.69, 9.17) is 10.4 Å². The predicted octanol–water partition coefficient (Wildman–Crippen LogP) is 2.52. The summed E-state index contributed by atoms with van der Waals surface area (Å²) in [7, 11) is 0. The lowest BCUT2D eigenvalue weighted by atomic mass is 9.96. The van der Waals surface area contributed by atoms with Gasteiger partial charge in [-0.3, -0.25) is 0 Å². The van der Waals surface area contributed by atoms with Crippen LogP contribution in [0.2, 0.25) is 0 Å². The number of aryl methyl sites for hydroxylation is 1. The summed E-state index contributed by atoms with van der Waals surface area (Å²) >= 11 is 0. The zero-order valence-electron chi connectivity index (χ0n) is 13.7. The standard InChI is InChI=1S/C16H24N4O2/c1-12-8-13(9-14(10-17)18-12)19-15(22)20(6-5-7-21)11-16(2,3)4/h8-9,21H,5-7,11H2,1-4H3,(H,18,19,22). The molecule has 0 aromatic carbocycles. The van der Waals surface area contributed by atoms with Crippen LogP contribution < -0.4 is 5.32 Å². The minimum Gasteiger partial charge on any atom is -0.396 e. The zero-order chi connectivity index (χ0) is 16.8. The van der Waals surface area contributed by atoms with Crippen LogP contribution in [0.4, 0.5) is 10.5 Å². The van der Waals surface area contributed by atoms with Gasteiger partial charge in [-0.1, -0.05) is 20.8 Å². The monoisotopic (exact) mass is 304 g/mol. The fourth-order valence-electron chi connectivity index (χ4n) is 2.09. The number of nitrogens with one attached hydrogen (secondary N) is 1. The van der Waals surface area contributed by atoms with Gasteiger partial charge < -0.3 is 15.3 Å². The van der Waals surface area contributed by atoms with Crippen LogP contribution >= 0.6 is 0 Å². The number of aliphatic hydroxyl groups is 1.